The topological polar surface area (TPSA) is 116 Å². The molecule has 38 heavy (non-hydrogen) atoms. The number of anilines is 2. The van der Waals surface area contributed by atoms with Gasteiger partial charge in [0.05, 0.1) is 22.8 Å². The summed E-state index contributed by atoms with van der Waals surface area (Å²) in [6, 6.07) is 12.7. The van der Waals surface area contributed by atoms with Crippen LogP contribution in [0.2, 0.25) is 0 Å². The largest absolute Gasteiger partial charge is 0.415 e. The monoisotopic (exact) mass is 528 g/mol. The first-order chi connectivity index (χ1) is 18.2. The fraction of sp³-hybridized carbons (Fsp3) is 0.208. The molecule has 0 saturated carbocycles. The van der Waals surface area contributed by atoms with Crippen molar-refractivity contribution in [2.45, 2.75) is 33.0 Å². The summed E-state index contributed by atoms with van der Waals surface area (Å²) in [6.45, 7) is -0.0164. The van der Waals surface area contributed by atoms with E-state index in [0.717, 1.165) is 5.69 Å². The number of alkyl halides is 4. The second kappa shape index (κ2) is 10.0. The molecule has 0 radical (unpaired) electrons. The standard InChI is InChI=1S/C24H20F4N8O2/c1-12-3-7-19(33-32-12)30-14-4-6-16-17(9-14)35(11-29-16)20-8-5-15(13(2)37)23(31-20)36-18(22(25)26)10-21(34-36)38-24(27)28/h3-11,13,22,24,37H,1-2H3,(H,30,33). The van der Waals surface area contributed by atoms with E-state index in [9.17, 15) is 22.7 Å². The highest BCUT2D eigenvalue weighted by Gasteiger charge is 2.24. The Morgan fingerprint density at radius 3 is 2.50 bits per heavy atom. The number of aliphatic hydroxyl groups excluding tert-OH is 1. The summed E-state index contributed by atoms with van der Waals surface area (Å²) < 4.78 is 59.6. The zero-order chi connectivity index (χ0) is 27.0. The van der Waals surface area contributed by atoms with E-state index in [0.29, 0.717) is 33.3 Å². The van der Waals surface area contributed by atoms with Crippen molar-refractivity contribution >= 4 is 22.5 Å². The van der Waals surface area contributed by atoms with Gasteiger partial charge in [-0.3, -0.25) is 4.57 Å². The molecule has 196 valence electrons. The molecule has 10 nitrogen and oxygen atoms in total. The van der Waals surface area contributed by atoms with Crippen LogP contribution in [-0.2, 0) is 0 Å². The minimum Gasteiger partial charge on any atom is -0.415 e. The van der Waals surface area contributed by atoms with E-state index in [4.69, 9.17) is 0 Å². The highest BCUT2D eigenvalue weighted by atomic mass is 19.3. The lowest BCUT2D eigenvalue weighted by molar-refractivity contribution is -0.0530. The van der Waals surface area contributed by atoms with Crippen molar-refractivity contribution in [3.8, 4) is 17.5 Å². The van der Waals surface area contributed by atoms with Crippen molar-refractivity contribution < 1.29 is 27.4 Å². The molecule has 0 aliphatic heterocycles. The Morgan fingerprint density at radius 2 is 1.82 bits per heavy atom. The van der Waals surface area contributed by atoms with Crippen molar-refractivity contribution in [1.29, 1.82) is 0 Å². The Kier molecular flexibility index (Phi) is 6.63. The number of benzene rings is 1. The lowest BCUT2D eigenvalue weighted by atomic mass is 10.1. The van der Waals surface area contributed by atoms with Crippen LogP contribution in [0, 0.1) is 6.92 Å². The first-order valence-electron chi connectivity index (χ1n) is 11.3. The van der Waals surface area contributed by atoms with Gasteiger partial charge in [-0.2, -0.15) is 13.9 Å². The van der Waals surface area contributed by atoms with E-state index < -0.39 is 30.7 Å². The maximum absolute atomic E-state index is 13.8. The van der Waals surface area contributed by atoms with Gasteiger partial charge in [-0.05, 0) is 56.3 Å². The smallest absolute Gasteiger partial charge is 0.388 e. The van der Waals surface area contributed by atoms with Crippen LogP contribution in [0.4, 0.5) is 29.1 Å². The van der Waals surface area contributed by atoms with Gasteiger partial charge in [0.25, 0.3) is 6.43 Å². The van der Waals surface area contributed by atoms with E-state index >= 15 is 0 Å². The molecule has 5 aromatic rings. The number of nitrogens with zero attached hydrogens (tertiary/aromatic N) is 7. The minimum absolute atomic E-state index is 0.145. The minimum atomic E-state index is -3.26. The van der Waals surface area contributed by atoms with Crippen molar-refractivity contribution in [2.24, 2.45) is 0 Å². The van der Waals surface area contributed by atoms with Crippen LogP contribution >= 0.6 is 0 Å². The maximum atomic E-state index is 13.8. The van der Waals surface area contributed by atoms with E-state index in [1.54, 1.807) is 34.9 Å². The molecule has 0 spiro atoms. The predicted octanol–water partition coefficient (Wildman–Crippen LogP) is 5.04. The number of imidazole rings is 1. The second-order valence-corrected chi connectivity index (χ2v) is 8.26. The zero-order valence-corrected chi connectivity index (χ0v) is 19.9. The second-order valence-electron chi connectivity index (χ2n) is 8.26. The van der Waals surface area contributed by atoms with Gasteiger partial charge in [0.1, 0.15) is 17.8 Å². The molecule has 0 aliphatic carbocycles. The third kappa shape index (κ3) is 4.98. The van der Waals surface area contributed by atoms with Gasteiger partial charge in [0.15, 0.2) is 11.6 Å². The summed E-state index contributed by atoms with van der Waals surface area (Å²) >= 11 is 0. The molecule has 1 atom stereocenters. The first-order valence-corrected chi connectivity index (χ1v) is 11.3. The summed E-state index contributed by atoms with van der Waals surface area (Å²) in [7, 11) is 0. The van der Waals surface area contributed by atoms with Crippen molar-refractivity contribution in [3.05, 3.63) is 71.8 Å². The van der Waals surface area contributed by atoms with Crippen LogP contribution in [0.5, 0.6) is 5.88 Å². The number of fused-ring (bicyclic) bond motifs is 1. The summed E-state index contributed by atoms with van der Waals surface area (Å²) in [5.74, 6) is -0.0982. The van der Waals surface area contributed by atoms with Crippen molar-refractivity contribution in [1.82, 2.24) is 34.5 Å². The Balaban J connectivity index is 1.60. The Morgan fingerprint density at radius 1 is 1.00 bits per heavy atom. The first kappa shape index (κ1) is 25.1. The van der Waals surface area contributed by atoms with Crippen LogP contribution in [-0.4, -0.2) is 46.2 Å². The number of halogens is 4. The molecule has 0 fully saturated rings. The summed E-state index contributed by atoms with van der Waals surface area (Å²) in [5.41, 5.74) is 2.11. The normalized spacial score (nSPS) is 12.4. The number of hydrogen-bond acceptors (Lipinski definition) is 8. The Labute approximate surface area is 212 Å². The van der Waals surface area contributed by atoms with Crippen LogP contribution < -0.4 is 10.1 Å². The molecular formula is C24H20F4N8O2. The van der Waals surface area contributed by atoms with E-state index in [1.807, 2.05) is 13.0 Å². The molecule has 1 unspecified atom stereocenters. The number of aromatic nitrogens is 7. The molecule has 0 amide bonds. The van der Waals surface area contributed by atoms with E-state index in [1.165, 1.54) is 19.3 Å². The van der Waals surface area contributed by atoms with Crippen LogP contribution in [0.25, 0.3) is 22.7 Å². The van der Waals surface area contributed by atoms with Gasteiger partial charge >= 0.3 is 6.61 Å². The van der Waals surface area contributed by atoms with Gasteiger partial charge < -0.3 is 15.2 Å². The molecule has 0 saturated heterocycles. The summed E-state index contributed by atoms with van der Waals surface area (Å²) in [6.07, 6.45) is -2.72. The summed E-state index contributed by atoms with van der Waals surface area (Å²) in [5, 5.41) is 25.3. The predicted molar refractivity (Wildman–Crippen MR) is 128 cm³/mol. The molecule has 0 aliphatic rings. The third-order valence-electron chi connectivity index (χ3n) is 5.55. The van der Waals surface area contributed by atoms with Gasteiger partial charge in [-0.25, -0.2) is 23.4 Å². The number of hydrogen-bond donors (Lipinski definition) is 2. The molecule has 0 bridgehead atoms. The molecule has 14 heteroatoms. The third-order valence-corrected chi connectivity index (χ3v) is 5.55. The van der Waals surface area contributed by atoms with Gasteiger partial charge in [-0.15, -0.1) is 10.2 Å². The quantitative estimate of drug-likeness (QED) is 0.269. The highest BCUT2D eigenvalue weighted by molar-refractivity contribution is 5.82. The average Bonchev–Trinajstić information content (AvgIpc) is 3.49. The van der Waals surface area contributed by atoms with E-state index in [2.05, 4.69) is 35.3 Å². The number of rotatable bonds is 8. The number of ether oxygens (including phenoxy) is 1. The molecule has 5 rings (SSSR count). The van der Waals surface area contributed by atoms with Crippen LogP contribution in [0.3, 0.4) is 0 Å². The zero-order valence-electron chi connectivity index (χ0n) is 19.9. The lowest BCUT2D eigenvalue weighted by Gasteiger charge is -2.15. The fourth-order valence-electron chi connectivity index (χ4n) is 3.81. The van der Waals surface area contributed by atoms with Gasteiger partial charge in [0.2, 0.25) is 5.88 Å². The maximum Gasteiger partial charge on any atom is 0.388 e. The van der Waals surface area contributed by atoms with Gasteiger partial charge in [0, 0.05) is 17.3 Å². The number of aryl methyl sites for hydroxylation is 1. The highest BCUT2D eigenvalue weighted by Crippen LogP contribution is 2.31. The molecular weight excluding hydrogens is 508 g/mol. The molecule has 4 heterocycles. The van der Waals surface area contributed by atoms with Crippen molar-refractivity contribution in [2.75, 3.05) is 5.32 Å². The van der Waals surface area contributed by atoms with Gasteiger partial charge in [-0.1, -0.05) is 0 Å². The molecule has 2 N–H and O–H groups in total. The number of aliphatic hydroxyl groups is 1. The molecule has 1 aromatic carbocycles. The Bertz CT molecular complexity index is 1580. The van der Waals surface area contributed by atoms with Crippen LogP contribution in [0.1, 0.15) is 36.4 Å². The number of pyridine rings is 1. The van der Waals surface area contributed by atoms with Crippen LogP contribution in [0.15, 0.2) is 54.9 Å². The summed E-state index contributed by atoms with van der Waals surface area (Å²) in [4.78, 5) is 8.83. The molecule has 4 aromatic heterocycles. The fourth-order valence-corrected chi connectivity index (χ4v) is 3.81. The SMILES string of the molecule is Cc1ccc(Nc2ccc3ncn(-c4ccc(C(C)O)c(-n5nc(OC(F)F)cc5C(F)F)n4)c3c2)nn1. The van der Waals surface area contributed by atoms with Crippen molar-refractivity contribution in [3.63, 3.8) is 0 Å². The van der Waals surface area contributed by atoms with E-state index in [-0.39, 0.29) is 17.2 Å². The average molecular weight is 528 g/mol. The number of nitrogens with one attached hydrogen (secondary N) is 1. The lowest BCUT2D eigenvalue weighted by Crippen LogP contribution is -2.12. The Hall–Kier alpha value is -4.59.